The molecule has 3 aromatic carbocycles. The molecule has 0 saturated carbocycles. The van der Waals surface area contributed by atoms with Crippen LogP contribution in [0.2, 0.25) is 0 Å². The van der Waals surface area contributed by atoms with E-state index in [4.69, 9.17) is 30.5 Å². The molecule has 1 unspecified atom stereocenters. The number of benzene rings is 3. The summed E-state index contributed by atoms with van der Waals surface area (Å²) in [5, 5.41) is 45.4. The Labute approximate surface area is 602 Å². The summed E-state index contributed by atoms with van der Waals surface area (Å²) in [5.41, 5.74) is 10.0. The molecule has 1 aliphatic heterocycles. The largest absolute Gasteiger partial charge is 0.457 e. The van der Waals surface area contributed by atoms with Gasteiger partial charge in [-0.15, -0.1) is 0 Å². The third-order valence-corrected chi connectivity index (χ3v) is 16.4. The lowest BCUT2D eigenvalue weighted by molar-refractivity contribution is -0.154. The predicted molar refractivity (Wildman–Crippen MR) is 373 cm³/mol. The highest BCUT2D eigenvalue weighted by Crippen LogP contribution is 2.23. The van der Waals surface area contributed by atoms with Crippen LogP contribution in [0.15, 0.2) is 96.2 Å². The van der Waals surface area contributed by atoms with Crippen LogP contribution in [0, 0.1) is 23.2 Å². The number of aliphatic hydroxyl groups excluding tert-OH is 1. The van der Waals surface area contributed by atoms with Crippen LogP contribution >= 0.6 is 0 Å². The van der Waals surface area contributed by atoms with E-state index in [9.17, 15) is 72.7 Å². The second-order valence-corrected chi connectivity index (χ2v) is 26.4. The van der Waals surface area contributed by atoms with Gasteiger partial charge < -0.3 is 93.3 Å². The van der Waals surface area contributed by atoms with E-state index in [0.717, 1.165) is 22.4 Å². The van der Waals surface area contributed by atoms with Crippen molar-refractivity contribution in [3.05, 3.63) is 108 Å². The Balaban J connectivity index is 1.54. The molecule has 0 aromatic heterocycles. The zero-order valence-corrected chi connectivity index (χ0v) is 60.4. The van der Waals surface area contributed by atoms with Gasteiger partial charge in [-0.3, -0.25) is 57.5 Å². The summed E-state index contributed by atoms with van der Waals surface area (Å²) in [5.74, 6) is -15.7. The number of hydrogen-bond donors (Lipinski definition) is 12. The zero-order chi connectivity index (χ0) is 77.8. The van der Waals surface area contributed by atoms with Crippen molar-refractivity contribution in [3.8, 4) is 6.07 Å². The number of likely N-dealkylation sites (N-methyl/N-ethyl adjacent to an activating group) is 2. The van der Waals surface area contributed by atoms with Crippen molar-refractivity contribution < 1.29 is 91.3 Å². The molecule has 11 atom stereocenters. The molecule has 14 N–H and O–H groups in total. The van der Waals surface area contributed by atoms with Gasteiger partial charge >= 0.3 is 11.9 Å². The van der Waals surface area contributed by atoms with Gasteiger partial charge in [-0.25, -0.2) is 9.59 Å². The standard InChI is InChI=1S/C70H97N15O19/c1-39(2)28-49(78-55(88)35-75-63(95)53(30-45-24-18-14-19-25-45)85(12)65(97)42(6)77-60(92)48(72)29-44-22-16-13-17-23-44)62(94)76-41(5)58(90)81-57(40(3)4)64(96)82-70(10,32-46-26-20-15-21-27-46)68(100)80-50(66(98)84(11)43(7)59(91)79-52(36-86)61(93)74-34-54(73)87)31-56(89)104-83-51(33-71)67(99)101-37-47-38-102-69(8,9)103-47/h13-27,39-43,47-50,52-53,57,86H,28-32,34-38,72H2,1-12H3,(H2,73,87)(H,74,93)(H,75,95)(H,76,94)(H,77,92)(H,78,88)(H,79,91)(H,80,100)(H,81,90)(H,82,96)/b83-51+/t41-,42?,43-,47+,48-,49-,50-,52-,53-,57-,70-/m0/s1. The molecule has 0 bridgehead atoms. The van der Waals surface area contributed by atoms with Crippen LogP contribution in [0.1, 0.15) is 98.8 Å². The van der Waals surface area contributed by atoms with Crippen molar-refractivity contribution in [2.75, 3.05) is 47.0 Å². The van der Waals surface area contributed by atoms with E-state index in [2.05, 4.69) is 53.0 Å². The van der Waals surface area contributed by atoms with Gasteiger partial charge in [0, 0.05) is 26.9 Å². The third kappa shape index (κ3) is 27.5. The number of aliphatic hydroxyl groups is 1. The van der Waals surface area contributed by atoms with Gasteiger partial charge in [-0.2, -0.15) is 5.26 Å². The molecule has 1 heterocycles. The van der Waals surface area contributed by atoms with Gasteiger partial charge in [0.15, 0.2) is 5.79 Å². The summed E-state index contributed by atoms with van der Waals surface area (Å²) >= 11 is 0. The van der Waals surface area contributed by atoms with E-state index in [1.54, 1.807) is 114 Å². The van der Waals surface area contributed by atoms with E-state index < -0.39 is 199 Å². The number of oxime groups is 1. The molecular formula is C70H97N15O19. The fourth-order valence-corrected chi connectivity index (χ4v) is 10.4. The van der Waals surface area contributed by atoms with Crippen LogP contribution in [0.4, 0.5) is 0 Å². The minimum Gasteiger partial charge on any atom is -0.457 e. The molecule has 3 aromatic rings. The Morgan fingerprint density at radius 1 is 0.663 bits per heavy atom. The number of nitrogens with zero attached hydrogens (tertiary/aromatic N) is 4. The number of primary amides is 1. The van der Waals surface area contributed by atoms with Gasteiger partial charge in [0.25, 0.3) is 5.71 Å². The second-order valence-electron chi connectivity index (χ2n) is 26.4. The molecule has 12 amide bonds. The van der Waals surface area contributed by atoms with Crippen LogP contribution in [-0.2, 0) is 105 Å². The highest BCUT2D eigenvalue weighted by Gasteiger charge is 2.43. The number of nitrogens with one attached hydrogen (secondary N) is 9. The zero-order valence-electron chi connectivity index (χ0n) is 60.4. The molecule has 34 nitrogen and oxygen atoms in total. The van der Waals surface area contributed by atoms with Gasteiger partial charge in [-0.1, -0.05) is 124 Å². The number of ether oxygens (including phenoxy) is 3. The topological polar surface area (TPSA) is 499 Å². The molecule has 0 spiro atoms. The average Bonchev–Trinajstić information content (AvgIpc) is 0.971. The predicted octanol–water partition coefficient (Wildman–Crippen LogP) is -2.54. The normalized spacial score (nSPS) is 16.3. The number of carbonyl (C=O) groups is 14. The maximum atomic E-state index is 15.0. The number of rotatable bonds is 39. The molecule has 34 heteroatoms. The smallest absolute Gasteiger partial charge is 0.371 e. The maximum absolute atomic E-state index is 15.0. The first-order valence-electron chi connectivity index (χ1n) is 33.5. The van der Waals surface area contributed by atoms with Gasteiger partial charge in [0.05, 0.1) is 38.8 Å². The van der Waals surface area contributed by atoms with E-state index >= 15 is 4.79 Å². The monoisotopic (exact) mass is 1450 g/mol. The van der Waals surface area contributed by atoms with E-state index in [-0.39, 0.29) is 38.2 Å². The lowest BCUT2D eigenvalue weighted by Gasteiger charge is -2.35. The summed E-state index contributed by atoms with van der Waals surface area (Å²) in [6.45, 7) is 12.4. The minimum absolute atomic E-state index is 0.000541. The molecule has 0 radical (unpaired) electrons. The SMILES string of the molecule is CC(C)C[C@H](NC(=O)CNC(=O)[C@H](Cc1ccccc1)N(C)C(=O)C(C)NC(=O)[C@@H](N)Cc1ccccc1)C(=O)N[C@@H](C)C(=O)N[C@H](C(=O)N[C@@](C)(Cc1ccccc1)C(=O)N[C@@H](CC(=O)O/N=C(\C#N)C(=O)OC[C@@H]1COC(C)(C)O1)C(=O)N(C)[C@@H](C)C(=O)N[C@@H](CO)C(=O)NCC(N)=O)C(C)C. The van der Waals surface area contributed by atoms with Crippen LogP contribution in [-0.4, -0.2) is 222 Å². The summed E-state index contributed by atoms with van der Waals surface area (Å²) in [4.78, 5) is 198. The molecular weight excluding hydrogens is 1350 g/mol. The number of nitriles is 1. The lowest BCUT2D eigenvalue weighted by Crippen LogP contribution is -2.65. The lowest BCUT2D eigenvalue weighted by atomic mass is 9.89. The molecule has 0 aliphatic carbocycles. The number of hydrogen-bond acceptors (Lipinski definition) is 22. The first kappa shape index (κ1) is 85.7. The van der Waals surface area contributed by atoms with Gasteiger partial charge in [-0.05, 0) is 82.9 Å². The molecule has 1 fully saturated rings. The Kier molecular flexibility index (Phi) is 33.6. The quantitative estimate of drug-likeness (QED) is 0.0121. The number of nitrogens with two attached hydrogens (primary N) is 2. The molecule has 566 valence electrons. The third-order valence-electron chi connectivity index (χ3n) is 16.4. The highest BCUT2D eigenvalue weighted by molar-refractivity contribution is 6.43. The summed E-state index contributed by atoms with van der Waals surface area (Å²) < 4.78 is 16.1. The van der Waals surface area contributed by atoms with Crippen LogP contribution in [0.3, 0.4) is 0 Å². The van der Waals surface area contributed by atoms with Crippen molar-refractivity contribution in [2.45, 2.75) is 173 Å². The Morgan fingerprint density at radius 2 is 1.23 bits per heavy atom. The number of amides is 12. The Bertz CT molecular complexity index is 3600. The van der Waals surface area contributed by atoms with Crippen molar-refractivity contribution in [1.82, 2.24) is 57.7 Å². The second kappa shape index (κ2) is 40.8. The summed E-state index contributed by atoms with van der Waals surface area (Å²) in [6, 6.07) is 14.6. The summed E-state index contributed by atoms with van der Waals surface area (Å²) in [7, 11) is 2.46. The highest BCUT2D eigenvalue weighted by atomic mass is 16.7. The molecule has 4 rings (SSSR count). The minimum atomic E-state index is -2.13. The van der Waals surface area contributed by atoms with E-state index in [1.165, 1.54) is 40.8 Å². The average molecular weight is 1450 g/mol. The first-order chi connectivity index (χ1) is 48.9. The van der Waals surface area contributed by atoms with Crippen molar-refractivity contribution in [3.63, 3.8) is 0 Å². The maximum Gasteiger partial charge on any atom is 0.371 e. The molecule has 104 heavy (non-hydrogen) atoms. The molecule has 1 aliphatic rings. The fourth-order valence-electron chi connectivity index (χ4n) is 10.4. The van der Waals surface area contributed by atoms with E-state index in [1.807, 2.05) is 18.2 Å². The van der Waals surface area contributed by atoms with E-state index in [0.29, 0.717) is 11.1 Å². The van der Waals surface area contributed by atoms with Crippen LogP contribution in [0.25, 0.3) is 0 Å². The number of esters is 1. The Hall–Kier alpha value is -10.8. The number of carbonyl (C=O) groups excluding carboxylic acids is 14. The van der Waals surface area contributed by atoms with Crippen molar-refractivity contribution in [2.24, 2.45) is 28.5 Å². The van der Waals surface area contributed by atoms with Crippen LogP contribution in [0.5, 0.6) is 0 Å². The summed E-state index contributed by atoms with van der Waals surface area (Å²) in [6.07, 6.45) is -1.97. The van der Waals surface area contributed by atoms with Gasteiger partial charge in [0.2, 0.25) is 70.9 Å². The van der Waals surface area contributed by atoms with Crippen molar-refractivity contribution in [1.29, 1.82) is 5.26 Å². The fraction of sp³-hybridized carbons (Fsp3) is 0.514. The van der Waals surface area contributed by atoms with Crippen molar-refractivity contribution >= 4 is 88.5 Å². The molecule has 1 saturated heterocycles. The first-order valence-corrected chi connectivity index (χ1v) is 33.5. The van der Waals surface area contributed by atoms with Gasteiger partial charge in [0.1, 0.15) is 72.7 Å². The Morgan fingerprint density at radius 3 is 1.77 bits per heavy atom. The van der Waals surface area contributed by atoms with Crippen LogP contribution < -0.4 is 59.3 Å².